The van der Waals surface area contributed by atoms with Crippen LogP contribution in [0.15, 0.2) is 229 Å². The van der Waals surface area contributed by atoms with Gasteiger partial charge in [-0.1, -0.05) is 190 Å². The third kappa shape index (κ3) is 5.42. The van der Waals surface area contributed by atoms with E-state index < -0.39 is 0 Å². The Balaban J connectivity index is 0.958. The minimum atomic E-state index is -0.385. The number of anilines is 3. The van der Waals surface area contributed by atoms with Gasteiger partial charge in [-0.15, -0.1) is 0 Å². The van der Waals surface area contributed by atoms with Crippen molar-refractivity contribution in [3.05, 3.63) is 263 Å². The number of para-hydroxylation sites is 1. The number of benzene rings is 9. The van der Waals surface area contributed by atoms with Gasteiger partial charge in [-0.3, -0.25) is 0 Å². The maximum atomic E-state index is 2.59. The van der Waals surface area contributed by atoms with Gasteiger partial charge in [0.1, 0.15) is 0 Å². The van der Waals surface area contributed by atoms with Crippen molar-refractivity contribution in [2.24, 2.45) is 0 Å². The van der Waals surface area contributed by atoms with Crippen molar-refractivity contribution >= 4 is 44.6 Å². The molecular formula is C65H48N2S. The third-order valence-corrected chi connectivity index (χ3v) is 17.0. The van der Waals surface area contributed by atoms with Crippen LogP contribution in [0.25, 0.3) is 54.9 Å². The number of nitrogens with zero attached hydrogens (tertiary/aromatic N) is 2. The first-order valence-corrected chi connectivity index (χ1v) is 24.9. The molecule has 3 aliphatic carbocycles. The van der Waals surface area contributed by atoms with E-state index in [9.17, 15) is 0 Å². The normalized spacial score (nSPS) is 16.4. The summed E-state index contributed by atoms with van der Waals surface area (Å²) in [6, 6.07) is 81.9. The molecule has 324 valence electrons. The quantitative estimate of drug-likeness (QED) is 0.170. The van der Waals surface area contributed by atoms with E-state index >= 15 is 0 Å². The largest absolute Gasteiger partial charge is 0.310 e. The Bertz CT molecular complexity index is 3680. The van der Waals surface area contributed by atoms with Crippen LogP contribution in [0.5, 0.6) is 0 Å². The van der Waals surface area contributed by atoms with E-state index in [4.69, 9.17) is 0 Å². The average molecular weight is 889 g/mol. The number of thioether (sulfide) groups is 1. The van der Waals surface area contributed by atoms with E-state index in [1.54, 1.807) is 0 Å². The molecule has 0 bridgehead atoms. The molecule has 68 heavy (non-hydrogen) atoms. The lowest BCUT2D eigenvalue weighted by atomic mass is 9.63. The first-order valence-electron chi connectivity index (χ1n) is 24.1. The predicted octanol–water partition coefficient (Wildman–Crippen LogP) is 17.4. The summed E-state index contributed by atoms with van der Waals surface area (Å²) in [7, 11) is 0. The van der Waals surface area contributed by atoms with E-state index in [-0.39, 0.29) is 10.8 Å². The van der Waals surface area contributed by atoms with Crippen molar-refractivity contribution in [2.75, 3.05) is 4.90 Å². The summed E-state index contributed by atoms with van der Waals surface area (Å²) < 4.78 is 2.59. The summed E-state index contributed by atoms with van der Waals surface area (Å²) in [5.74, 6) is 0.307. The maximum Gasteiger partial charge on any atom is 0.0699 e. The van der Waals surface area contributed by atoms with Gasteiger partial charge in [0.15, 0.2) is 0 Å². The Morgan fingerprint density at radius 2 is 1.01 bits per heavy atom. The molecule has 9 aromatic carbocycles. The minimum Gasteiger partial charge on any atom is -0.310 e. The van der Waals surface area contributed by atoms with Crippen LogP contribution >= 0.6 is 11.8 Å². The van der Waals surface area contributed by atoms with Gasteiger partial charge in [0.2, 0.25) is 0 Å². The van der Waals surface area contributed by atoms with Crippen molar-refractivity contribution < 1.29 is 0 Å². The average Bonchev–Trinajstić information content (AvgIpc) is 3.98. The monoisotopic (exact) mass is 888 g/mol. The molecule has 10 aromatic rings. The summed E-state index contributed by atoms with van der Waals surface area (Å²) in [5.41, 5.74) is 24.3. The molecular weight excluding hydrogens is 841 g/mol. The van der Waals surface area contributed by atoms with Crippen LogP contribution in [-0.2, 0) is 10.8 Å². The summed E-state index contributed by atoms with van der Waals surface area (Å²) in [6.45, 7) is 7.20. The fourth-order valence-electron chi connectivity index (χ4n) is 12.8. The van der Waals surface area contributed by atoms with Gasteiger partial charge >= 0.3 is 0 Å². The highest BCUT2D eigenvalue weighted by molar-refractivity contribution is 8.08. The maximum absolute atomic E-state index is 2.59. The molecule has 1 unspecified atom stereocenters. The van der Waals surface area contributed by atoms with Crippen LogP contribution < -0.4 is 4.90 Å². The van der Waals surface area contributed by atoms with Crippen LogP contribution in [0, 0.1) is 0 Å². The number of hydrogen-bond donors (Lipinski definition) is 0. The molecule has 1 aromatic heterocycles. The highest BCUT2D eigenvalue weighted by Crippen LogP contribution is 2.67. The van der Waals surface area contributed by atoms with Gasteiger partial charge < -0.3 is 9.47 Å². The molecule has 0 radical (unpaired) electrons. The van der Waals surface area contributed by atoms with Gasteiger partial charge in [-0.25, -0.2) is 0 Å². The lowest BCUT2D eigenvalue weighted by Gasteiger charge is -2.44. The molecule has 0 N–H and O–H groups in total. The Labute approximate surface area is 402 Å². The van der Waals surface area contributed by atoms with Crippen LogP contribution in [0.1, 0.15) is 72.2 Å². The zero-order chi connectivity index (χ0) is 45.3. The molecule has 2 heterocycles. The second-order valence-electron chi connectivity index (χ2n) is 19.6. The predicted molar refractivity (Wildman–Crippen MR) is 285 cm³/mol. The Morgan fingerprint density at radius 1 is 0.485 bits per heavy atom. The SMILES string of the molecule is CC1CC2=C(Sc3ccccc3C23c2ccccc2-c2ccccc23)c2c1c1ccccc1n2-c1ccc(N(c2ccc(-c3ccccc3)cc2)c2ccc3c(c2)C(C)(C)c2ccccc2-3)cc1. The van der Waals surface area contributed by atoms with Crippen LogP contribution in [0.3, 0.4) is 0 Å². The third-order valence-electron chi connectivity index (χ3n) is 15.7. The summed E-state index contributed by atoms with van der Waals surface area (Å²) in [4.78, 5) is 5.17. The minimum absolute atomic E-state index is 0.118. The highest BCUT2D eigenvalue weighted by Gasteiger charge is 2.53. The molecule has 1 atom stereocenters. The number of fused-ring (bicyclic) bond motifs is 15. The number of aromatic nitrogens is 1. The molecule has 0 amide bonds. The van der Waals surface area contributed by atoms with Crippen molar-refractivity contribution in [3.63, 3.8) is 0 Å². The van der Waals surface area contributed by atoms with E-state index in [2.05, 4.69) is 249 Å². The van der Waals surface area contributed by atoms with Crippen molar-refractivity contribution in [2.45, 2.75) is 48.8 Å². The number of hydrogen-bond acceptors (Lipinski definition) is 2. The van der Waals surface area contributed by atoms with Crippen molar-refractivity contribution in [3.8, 4) is 39.1 Å². The van der Waals surface area contributed by atoms with Gasteiger partial charge in [0.05, 0.1) is 16.6 Å². The zero-order valence-electron chi connectivity index (χ0n) is 38.4. The Hall–Kier alpha value is -7.59. The summed E-state index contributed by atoms with van der Waals surface area (Å²) in [6.07, 6.45) is 0.986. The van der Waals surface area contributed by atoms with E-state index in [1.165, 1.54) is 98.7 Å². The zero-order valence-corrected chi connectivity index (χ0v) is 39.2. The molecule has 4 aliphatic rings. The van der Waals surface area contributed by atoms with Gasteiger partial charge in [0.25, 0.3) is 0 Å². The first-order chi connectivity index (χ1) is 33.4. The topological polar surface area (TPSA) is 8.17 Å². The second-order valence-corrected chi connectivity index (χ2v) is 20.7. The number of rotatable bonds is 5. The highest BCUT2D eigenvalue weighted by atomic mass is 32.2. The first kappa shape index (κ1) is 39.6. The molecule has 1 spiro atoms. The van der Waals surface area contributed by atoms with Crippen LogP contribution in [0.4, 0.5) is 17.1 Å². The van der Waals surface area contributed by atoms with Gasteiger partial charge in [0, 0.05) is 43.4 Å². The molecule has 1 aliphatic heterocycles. The van der Waals surface area contributed by atoms with Gasteiger partial charge in [-0.2, -0.15) is 0 Å². The van der Waals surface area contributed by atoms with Crippen molar-refractivity contribution in [1.82, 2.24) is 4.57 Å². The standard InChI is InChI=1S/C65H48N2S/c1-41-39-58-63(68-60-28-16-14-26-56(60)65(58)54-24-12-8-20-49(54)50-21-9-13-25-55(50)65)62-61(41)52-22-10-15-27-59(52)67(62)46-35-33-45(34-36-46)66(44-31-29-43(30-32-44)42-17-5-4-6-18-42)47-37-38-51-48-19-7-11-23-53(48)64(2,3)57(51)40-47/h4-38,40-41H,39H2,1-3H3. The lowest BCUT2D eigenvalue weighted by Crippen LogP contribution is -2.35. The molecule has 3 heteroatoms. The molecule has 0 saturated heterocycles. The van der Waals surface area contributed by atoms with Crippen molar-refractivity contribution in [1.29, 1.82) is 0 Å². The molecule has 0 fully saturated rings. The summed E-state index contributed by atoms with van der Waals surface area (Å²) >= 11 is 1.98. The fraction of sp³-hybridized carbons (Fsp3) is 0.108. The van der Waals surface area contributed by atoms with E-state index in [1.807, 2.05) is 11.8 Å². The Morgan fingerprint density at radius 3 is 1.72 bits per heavy atom. The summed E-state index contributed by atoms with van der Waals surface area (Å²) in [5, 5.41) is 1.34. The van der Waals surface area contributed by atoms with E-state index in [0.29, 0.717) is 5.92 Å². The molecule has 14 rings (SSSR count). The van der Waals surface area contributed by atoms with Crippen LogP contribution in [0.2, 0.25) is 0 Å². The fourth-order valence-corrected chi connectivity index (χ4v) is 14.1. The van der Waals surface area contributed by atoms with E-state index in [0.717, 1.165) is 29.2 Å². The second kappa shape index (κ2) is 14.7. The smallest absolute Gasteiger partial charge is 0.0699 e. The molecule has 2 nitrogen and oxygen atoms in total. The van der Waals surface area contributed by atoms with Crippen LogP contribution in [-0.4, -0.2) is 4.57 Å². The molecule has 0 saturated carbocycles. The number of allylic oxidation sites excluding steroid dienone is 1. The lowest BCUT2D eigenvalue weighted by molar-refractivity contribution is 0.626. The van der Waals surface area contributed by atoms with Gasteiger partial charge in [-0.05, 0) is 145 Å². The Kier molecular flexibility index (Phi) is 8.56.